The lowest BCUT2D eigenvalue weighted by Gasteiger charge is -2.58. The first kappa shape index (κ1) is 18.5. The standard InChI is InChI=1S/C20H29N5O2S/c26-17(22-20-23-21-12-28-20)1-2-18(27)24-3-5-25(6-4-24)19-15-8-13-7-14(10-15)11-16(19)9-13/h12-16,19H,1-11H2,(H,22,23,26). The van der Waals surface area contributed by atoms with E-state index in [9.17, 15) is 9.59 Å². The molecule has 0 spiro atoms. The lowest BCUT2D eigenvalue weighted by atomic mass is 9.54. The Hall–Kier alpha value is -1.54. The molecule has 6 rings (SSSR count). The molecule has 5 fully saturated rings. The Balaban J connectivity index is 1.08. The fraction of sp³-hybridized carbons (Fsp3) is 0.800. The van der Waals surface area contributed by atoms with Gasteiger partial charge >= 0.3 is 0 Å². The van der Waals surface area contributed by atoms with E-state index in [1.165, 1.54) is 43.4 Å². The van der Waals surface area contributed by atoms with Crippen LogP contribution < -0.4 is 5.32 Å². The average molecular weight is 404 g/mol. The van der Waals surface area contributed by atoms with Crippen molar-refractivity contribution in [1.82, 2.24) is 20.0 Å². The normalized spacial score (nSPS) is 34.6. The largest absolute Gasteiger partial charge is 0.340 e. The summed E-state index contributed by atoms with van der Waals surface area (Å²) in [6.07, 6.45) is 7.74. The number of carbonyl (C=O) groups is 2. The number of hydrogen-bond donors (Lipinski definition) is 1. The Morgan fingerprint density at radius 1 is 1.00 bits per heavy atom. The molecule has 7 nitrogen and oxygen atoms in total. The molecular weight excluding hydrogens is 374 g/mol. The van der Waals surface area contributed by atoms with Crippen LogP contribution in [0.5, 0.6) is 0 Å². The van der Waals surface area contributed by atoms with Crippen LogP contribution in [0.4, 0.5) is 5.13 Å². The Bertz CT molecular complexity index is 688. The quantitative estimate of drug-likeness (QED) is 0.816. The summed E-state index contributed by atoms with van der Waals surface area (Å²) in [4.78, 5) is 29.1. The van der Waals surface area contributed by atoms with Gasteiger partial charge in [0.15, 0.2) is 0 Å². The maximum Gasteiger partial charge on any atom is 0.226 e. The van der Waals surface area contributed by atoms with Crippen LogP contribution in [0.2, 0.25) is 0 Å². The molecule has 0 unspecified atom stereocenters. The van der Waals surface area contributed by atoms with Gasteiger partial charge in [0.25, 0.3) is 0 Å². The second-order valence-electron chi connectivity index (χ2n) is 9.13. The number of piperazine rings is 1. The van der Waals surface area contributed by atoms with Crippen molar-refractivity contribution >= 4 is 28.3 Å². The van der Waals surface area contributed by atoms with E-state index in [0.29, 0.717) is 5.13 Å². The van der Waals surface area contributed by atoms with Crippen molar-refractivity contribution in [3.05, 3.63) is 5.51 Å². The maximum atomic E-state index is 12.5. The molecule has 8 heteroatoms. The Morgan fingerprint density at radius 3 is 2.29 bits per heavy atom. The van der Waals surface area contributed by atoms with E-state index in [1.54, 1.807) is 5.51 Å². The number of hydrogen-bond acceptors (Lipinski definition) is 6. The number of rotatable bonds is 5. The highest BCUT2D eigenvalue weighted by Gasteiger charge is 2.50. The summed E-state index contributed by atoms with van der Waals surface area (Å²) in [5.41, 5.74) is 1.57. The van der Waals surface area contributed by atoms with Crippen LogP contribution in [0.25, 0.3) is 0 Å². The zero-order valence-electron chi connectivity index (χ0n) is 16.3. The molecule has 4 saturated carbocycles. The molecule has 4 bridgehead atoms. The summed E-state index contributed by atoms with van der Waals surface area (Å²) in [5, 5.41) is 10.7. The lowest BCUT2D eigenvalue weighted by molar-refractivity contribution is -0.136. The third-order valence-corrected chi connectivity index (χ3v) is 8.04. The van der Waals surface area contributed by atoms with Crippen LogP contribution in [-0.4, -0.2) is 64.0 Å². The third-order valence-electron chi connectivity index (χ3n) is 7.44. The predicted molar refractivity (Wildman–Crippen MR) is 107 cm³/mol. The van der Waals surface area contributed by atoms with Gasteiger partial charge in [0.2, 0.25) is 16.9 Å². The zero-order chi connectivity index (χ0) is 19.1. The summed E-state index contributed by atoms with van der Waals surface area (Å²) in [5.74, 6) is 3.75. The van der Waals surface area contributed by atoms with Gasteiger partial charge in [0, 0.05) is 45.1 Å². The van der Waals surface area contributed by atoms with Gasteiger partial charge in [0.1, 0.15) is 5.51 Å². The topological polar surface area (TPSA) is 78.4 Å². The molecule has 152 valence electrons. The number of nitrogens with one attached hydrogen (secondary N) is 1. The third kappa shape index (κ3) is 3.68. The van der Waals surface area contributed by atoms with E-state index >= 15 is 0 Å². The van der Waals surface area contributed by atoms with Gasteiger partial charge < -0.3 is 10.2 Å². The summed E-state index contributed by atoms with van der Waals surface area (Å²) in [7, 11) is 0. The number of anilines is 1. The van der Waals surface area contributed by atoms with Crippen LogP contribution in [0.3, 0.4) is 0 Å². The highest BCUT2D eigenvalue weighted by molar-refractivity contribution is 7.13. The molecule has 1 N–H and O–H groups in total. The van der Waals surface area contributed by atoms with Crippen molar-refractivity contribution < 1.29 is 9.59 Å². The second kappa shape index (κ2) is 7.71. The summed E-state index contributed by atoms with van der Waals surface area (Å²) in [6, 6.07) is 0.766. The summed E-state index contributed by atoms with van der Waals surface area (Å²) < 4.78 is 0. The molecule has 28 heavy (non-hydrogen) atoms. The molecule has 1 aromatic heterocycles. The van der Waals surface area contributed by atoms with E-state index in [4.69, 9.17) is 0 Å². The molecular formula is C20H29N5O2S. The minimum Gasteiger partial charge on any atom is -0.340 e. The predicted octanol–water partition coefficient (Wildman–Crippen LogP) is 2.23. The first-order valence-corrected chi connectivity index (χ1v) is 11.6. The molecule has 1 saturated heterocycles. The van der Waals surface area contributed by atoms with Crippen molar-refractivity contribution in [3.63, 3.8) is 0 Å². The van der Waals surface area contributed by atoms with Crippen LogP contribution in [0.15, 0.2) is 5.51 Å². The molecule has 5 aliphatic rings. The first-order chi connectivity index (χ1) is 13.7. The molecule has 1 aliphatic heterocycles. The van der Waals surface area contributed by atoms with E-state index in [-0.39, 0.29) is 24.7 Å². The number of amides is 2. The molecule has 0 radical (unpaired) electrons. The van der Waals surface area contributed by atoms with Crippen LogP contribution in [-0.2, 0) is 9.59 Å². The van der Waals surface area contributed by atoms with Crippen LogP contribution in [0, 0.1) is 23.7 Å². The Kier molecular flexibility index (Phi) is 5.09. The van der Waals surface area contributed by atoms with Crippen molar-refractivity contribution in [3.8, 4) is 0 Å². The molecule has 0 aromatic carbocycles. The number of nitrogens with zero attached hydrogens (tertiary/aromatic N) is 4. The minimum absolute atomic E-state index is 0.0946. The fourth-order valence-electron chi connectivity index (χ4n) is 6.55. The highest BCUT2D eigenvalue weighted by atomic mass is 32.1. The van der Waals surface area contributed by atoms with Crippen molar-refractivity contribution in [1.29, 1.82) is 0 Å². The summed E-state index contributed by atoms with van der Waals surface area (Å²) >= 11 is 1.28. The van der Waals surface area contributed by atoms with Gasteiger partial charge in [-0.3, -0.25) is 14.5 Å². The zero-order valence-corrected chi connectivity index (χ0v) is 17.1. The Morgan fingerprint density at radius 2 is 1.68 bits per heavy atom. The minimum atomic E-state index is -0.169. The van der Waals surface area contributed by atoms with Gasteiger partial charge in [0.05, 0.1) is 0 Å². The maximum absolute atomic E-state index is 12.5. The van der Waals surface area contributed by atoms with E-state index in [0.717, 1.165) is 55.9 Å². The van der Waals surface area contributed by atoms with Crippen LogP contribution in [0.1, 0.15) is 44.9 Å². The molecule has 2 heterocycles. The summed E-state index contributed by atoms with van der Waals surface area (Å²) in [6.45, 7) is 3.60. The molecule has 0 atom stereocenters. The molecule has 2 amide bonds. The number of aromatic nitrogens is 2. The smallest absolute Gasteiger partial charge is 0.226 e. The van der Waals surface area contributed by atoms with Gasteiger partial charge in [-0.15, -0.1) is 10.2 Å². The second-order valence-corrected chi connectivity index (χ2v) is 9.96. The van der Waals surface area contributed by atoms with Crippen molar-refractivity contribution in [2.24, 2.45) is 23.7 Å². The van der Waals surface area contributed by atoms with E-state index in [2.05, 4.69) is 20.4 Å². The van der Waals surface area contributed by atoms with Crippen LogP contribution >= 0.6 is 11.3 Å². The van der Waals surface area contributed by atoms with E-state index < -0.39 is 0 Å². The van der Waals surface area contributed by atoms with E-state index in [1.807, 2.05) is 4.90 Å². The van der Waals surface area contributed by atoms with Gasteiger partial charge in [-0.05, 0) is 55.8 Å². The van der Waals surface area contributed by atoms with Gasteiger partial charge in [-0.25, -0.2) is 0 Å². The number of carbonyl (C=O) groups excluding carboxylic acids is 2. The Labute approximate surface area is 169 Å². The average Bonchev–Trinajstić information content (AvgIpc) is 3.19. The SMILES string of the molecule is O=C(CCC(=O)N1CCN(C2C3CC4CC(C3)CC2C4)CC1)Nc1nncs1. The van der Waals surface area contributed by atoms with Crippen molar-refractivity contribution in [2.75, 3.05) is 31.5 Å². The highest BCUT2D eigenvalue weighted by Crippen LogP contribution is 2.55. The molecule has 4 aliphatic carbocycles. The van der Waals surface area contributed by atoms with Gasteiger partial charge in [-0.1, -0.05) is 11.3 Å². The lowest BCUT2D eigenvalue weighted by Crippen LogP contribution is -2.60. The monoisotopic (exact) mass is 403 g/mol. The fourth-order valence-corrected chi connectivity index (χ4v) is 7.01. The van der Waals surface area contributed by atoms with Crippen molar-refractivity contribution in [2.45, 2.75) is 51.0 Å². The molecule has 1 aromatic rings. The van der Waals surface area contributed by atoms with Gasteiger partial charge in [-0.2, -0.15) is 0 Å². The first-order valence-electron chi connectivity index (χ1n) is 10.7.